The average Bonchev–Trinajstić information content (AvgIpc) is 2.62. The van der Waals surface area contributed by atoms with Crippen molar-refractivity contribution in [1.82, 2.24) is 9.97 Å². The van der Waals surface area contributed by atoms with Crippen LogP contribution in [0.15, 0.2) is 28.9 Å². The van der Waals surface area contributed by atoms with E-state index in [2.05, 4.69) is 15.3 Å². The SMILES string of the molecule is Cc1ncc(CNc2ccnc(F)c2)o1. The third-order valence-corrected chi connectivity index (χ3v) is 1.86. The van der Waals surface area contributed by atoms with Crippen molar-refractivity contribution in [1.29, 1.82) is 0 Å². The predicted octanol–water partition coefficient (Wildman–Crippen LogP) is 2.13. The molecule has 0 saturated heterocycles. The molecule has 0 bridgehead atoms. The van der Waals surface area contributed by atoms with Gasteiger partial charge < -0.3 is 9.73 Å². The Bertz CT molecular complexity index is 455. The standard InChI is InChI=1S/C10H10FN3O/c1-7-13-5-9(15-7)6-14-8-2-3-12-10(11)4-8/h2-5H,6H2,1H3,(H,12,14). The largest absolute Gasteiger partial charge is 0.444 e. The lowest BCUT2D eigenvalue weighted by Gasteiger charge is -2.02. The number of pyridine rings is 1. The highest BCUT2D eigenvalue weighted by molar-refractivity contribution is 5.41. The molecule has 0 aliphatic carbocycles. The fourth-order valence-electron chi connectivity index (χ4n) is 1.19. The molecule has 4 nitrogen and oxygen atoms in total. The number of hydrogen-bond acceptors (Lipinski definition) is 4. The molecular weight excluding hydrogens is 197 g/mol. The highest BCUT2D eigenvalue weighted by Crippen LogP contribution is 2.09. The molecule has 2 rings (SSSR count). The van der Waals surface area contributed by atoms with Gasteiger partial charge in [-0.25, -0.2) is 9.97 Å². The van der Waals surface area contributed by atoms with Gasteiger partial charge in [-0.2, -0.15) is 4.39 Å². The van der Waals surface area contributed by atoms with Crippen molar-refractivity contribution in [2.75, 3.05) is 5.32 Å². The van der Waals surface area contributed by atoms with Crippen molar-refractivity contribution < 1.29 is 8.81 Å². The normalized spacial score (nSPS) is 10.3. The molecule has 0 saturated carbocycles. The van der Waals surface area contributed by atoms with Crippen LogP contribution in [0, 0.1) is 12.9 Å². The Kier molecular flexibility index (Phi) is 2.62. The molecule has 2 aromatic rings. The van der Waals surface area contributed by atoms with Gasteiger partial charge >= 0.3 is 0 Å². The summed E-state index contributed by atoms with van der Waals surface area (Å²) in [4.78, 5) is 7.41. The minimum absolute atomic E-state index is 0.476. The summed E-state index contributed by atoms with van der Waals surface area (Å²) < 4.78 is 18.0. The van der Waals surface area contributed by atoms with Gasteiger partial charge in [0, 0.05) is 24.9 Å². The molecule has 0 aliphatic heterocycles. The fourth-order valence-corrected chi connectivity index (χ4v) is 1.19. The Morgan fingerprint density at radius 2 is 2.33 bits per heavy atom. The number of nitrogens with zero attached hydrogens (tertiary/aromatic N) is 2. The first kappa shape index (κ1) is 9.64. The van der Waals surface area contributed by atoms with E-state index in [0.717, 1.165) is 0 Å². The van der Waals surface area contributed by atoms with Crippen LogP contribution < -0.4 is 5.32 Å². The Balaban J connectivity index is 1.99. The summed E-state index contributed by atoms with van der Waals surface area (Å²) >= 11 is 0. The predicted molar refractivity (Wildman–Crippen MR) is 52.8 cm³/mol. The maximum absolute atomic E-state index is 12.7. The molecule has 0 atom stereocenters. The molecule has 2 aromatic heterocycles. The van der Waals surface area contributed by atoms with Crippen LogP contribution in [-0.4, -0.2) is 9.97 Å². The van der Waals surface area contributed by atoms with Gasteiger partial charge in [0.2, 0.25) is 5.95 Å². The van der Waals surface area contributed by atoms with Crippen LogP contribution in [0.3, 0.4) is 0 Å². The second kappa shape index (κ2) is 4.08. The van der Waals surface area contributed by atoms with Gasteiger partial charge in [0.05, 0.1) is 12.7 Å². The van der Waals surface area contributed by atoms with E-state index in [1.165, 1.54) is 12.3 Å². The second-order valence-electron chi connectivity index (χ2n) is 3.07. The molecule has 78 valence electrons. The topological polar surface area (TPSA) is 51.0 Å². The van der Waals surface area contributed by atoms with Gasteiger partial charge in [0.15, 0.2) is 5.89 Å². The van der Waals surface area contributed by atoms with E-state index in [-0.39, 0.29) is 0 Å². The van der Waals surface area contributed by atoms with Crippen molar-refractivity contribution in [2.45, 2.75) is 13.5 Å². The third-order valence-electron chi connectivity index (χ3n) is 1.86. The van der Waals surface area contributed by atoms with Gasteiger partial charge in [-0.05, 0) is 6.07 Å². The van der Waals surface area contributed by atoms with Gasteiger partial charge in [0.1, 0.15) is 5.76 Å². The third kappa shape index (κ3) is 2.52. The summed E-state index contributed by atoms with van der Waals surface area (Å²) in [5.74, 6) is 0.825. The van der Waals surface area contributed by atoms with Crippen LogP contribution in [0.25, 0.3) is 0 Å². The molecule has 2 heterocycles. The van der Waals surface area contributed by atoms with E-state index in [1.807, 2.05) is 0 Å². The van der Waals surface area contributed by atoms with E-state index < -0.39 is 5.95 Å². The Labute approximate surface area is 86.2 Å². The van der Waals surface area contributed by atoms with Crippen molar-refractivity contribution in [3.8, 4) is 0 Å². The minimum Gasteiger partial charge on any atom is -0.444 e. The fraction of sp³-hybridized carbons (Fsp3) is 0.200. The molecular formula is C10H10FN3O. The van der Waals surface area contributed by atoms with Crippen LogP contribution in [0.2, 0.25) is 0 Å². The Hall–Kier alpha value is -1.91. The zero-order valence-electron chi connectivity index (χ0n) is 8.20. The summed E-state index contributed by atoms with van der Waals surface area (Å²) in [7, 11) is 0. The molecule has 5 heteroatoms. The number of nitrogens with one attached hydrogen (secondary N) is 1. The van der Waals surface area contributed by atoms with Crippen molar-refractivity contribution in [3.05, 3.63) is 42.1 Å². The number of aromatic nitrogens is 2. The number of hydrogen-bond donors (Lipinski definition) is 1. The lowest BCUT2D eigenvalue weighted by molar-refractivity contribution is 0.481. The Morgan fingerprint density at radius 3 is 3.00 bits per heavy atom. The van der Waals surface area contributed by atoms with Crippen molar-refractivity contribution in [2.24, 2.45) is 0 Å². The second-order valence-corrected chi connectivity index (χ2v) is 3.07. The summed E-state index contributed by atoms with van der Waals surface area (Å²) in [5.41, 5.74) is 0.663. The van der Waals surface area contributed by atoms with E-state index in [4.69, 9.17) is 4.42 Å². The molecule has 0 amide bonds. The van der Waals surface area contributed by atoms with Crippen molar-refractivity contribution >= 4 is 5.69 Å². The Morgan fingerprint density at radius 1 is 1.47 bits per heavy atom. The molecule has 0 unspecified atom stereocenters. The van der Waals surface area contributed by atoms with Crippen LogP contribution in [0.5, 0.6) is 0 Å². The lowest BCUT2D eigenvalue weighted by atomic mass is 10.4. The number of halogens is 1. The number of aryl methyl sites for hydroxylation is 1. The van der Waals surface area contributed by atoms with Crippen LogP contribution >= 0.6 is 0 Å². The first-order chi connectivity index (χ1) is 7.24. The maximum atomic E-state index is 12.7. The first-order valence-corrected chi connectivity index (χ1v) is 4.51. The number of oxazole rings is 1. The zero-order chi connectivity index (χ0) is 10.7. The zero-order valence-corrected chi connectivity index (χ0v) is 8.20. The quantitative estimate of drug-likeness (QED) is 0.783. The lowest BCUT2D eigenvalue weighted by Crippen LogP contribution is -1.98. The highest BCUT2D eigenvalue weighted by atomic mass is 19.1. The number of anilines is 1. The van der Waals surface area contributed by atoms with Crippen molar-refractivity contribution in [3.63, 3.8) is 0 Å². The first-order valence-electron chi connectivity index (χ1n) is 4.51. The smallest absolute Gasteiger partial charge is 0.214 e. The molecule has 0 fully saturated rings. The van der Waals surface area contributed by atoms with Gasteiger partial charge in [-0.15, -0.1) is 0 Å². The van der Waals surface area contributed by atoms with Gasteiger partial charge in [0.25, 0.3) is 0 Å². The molecule has 0 spiro atoms. The summed E-state index contributed by atoms with van der Waals surface area (Å²) in [5, 5.41) is 3.00. The molecule has 1 N–H and O–H groups in total. The van der Waals surface area contributed by atoms with E-state index >= 15 is 0 Å². The summed E-state index contributed by atoms with van der Waals surface area (Å²) in [6.07, 6.45) is 3.04. The molecule has 0 aromatic carbocycles. The van der Waals surface area contributed by atoms with Crippen LogP contribution in [-0.2, 0) is 6.54 Å². The van der Waals surface area contributed by atoms with E-state index in [1.54, 1.807) is 19.2 Å². The maximum Gasteiger partial charge on any atom is 0.214 e. The molecule has 0 aliphatic rings. The minimum atomic E-state index is -0.506. The van der Waals surface area contributed by atoms with Gasteiger partial charge in [-0.3, -0.25) is 0 Å². The summed E-state index contributed by atoms with van der Waals surface area (Å²) in [6.45, 7) is 2.25. The average molecular weight is 207 g/mol. The molecule has 15 heavy (non-hydrogen) atoms. The van der Waals surface area contributed by atoms with Crippen LogP contribution in [0.4, 0.5) is 10.1 Å². The highest BCUT2D eigenvalue weighted by Gasteiger charge is 2.00. The van der Waals surface area contributed by atoms with Crippen LogP contribution in [0.1, 0.15) is 11.7 Å². The monoisotopic (exact) mass is 207 g/mol. The summed E-state index contributed by atoms with van der Waals surface area (Å²) in [6, 6.07) is 3.01. The van der Waals surface area contributed by atoms with Gasteiger partial charge in [-0.1, -0.05) is 0 Å². The van der Waals surface area contributed by atoms with E-state index in [0.29, 0.717) is 23.9 Å². The molecule has 0 radical (unpaired) electrons. The number of rotatable bonds is 3. The van der Waals surface area contributed by atoms with E-state index in [9.17, 15) is 4.39 Å².